The Bertz CT molecular complexity index is 1130. The predicted octanol–water partition coefficient (Wildman–Crippen LogP) is 4.92. The van der Waals surface area contributed by atoms with Crippen molar-refractivity contribution < 1.29 is 19.4 Å². The molecule has 4 rings (SSSR count). The van der Waals surface area contributed by atoms with Crippen molar-refractivity contribution in [1.29, 1.82) is 0 Å². The molecule has 0 spiro atoms. The van der Waals surface area contributed by atoms with E-state index in [1.54, 1.807) is 18.2 Å². The Balaban J connectivity index is 1.50. The summed E-state index contributed by atoms with van der Waals surface area (Å²) in [6.45, 7) is 0.0328. The van der Waals surface area contributed by atoms with Crippen LogP contribution in [0.3, 0.4) is 0 Å². The summed E-state index contributed by atoms with van der Waals surface area (Å²) in [6.07, 6.45) is 0.0944. The Labute approximate surface area is 195 Å². The van der Waals surface area contributed by atoms with Gasteiger partial charge in [-0.05, 0) is 46.4 Å². The molecule has 7 heteroatoms. The molecule has 32 heavy (non-hydrogen) atoms. The predicted molar refractivity (Wildman–Crippen MR) is 124 cm³/mol. The Kier molecular flexibility index (Phi) is 6.51. The lowest BCUT2D eigenvalue weighted by Crippen LogP contribution is -2.43. The van der Waals surface area contributed by atoms with Crippen molar-refractivity contribution in [2.24, 2.45) is 11.7 Å². The summed E-state index contributed by atoms with van der Waals surface area (Å²) in [5.41, 5.74) is 11.0. The van der Waals surface area contributed by atoms with Crippen LogP contribution in [0.2, 0.25) is 10.0 Å². The van der Waals surface area contributed by atoms with Gasteiger partial charge in [-0.1, -0.05) is 77.8 Å². The van der Waals surface area contributed by atoms with Crippen LogP contribution >= 0.6 is 23.2 Å². The van der Waals surface area contributed by atoms with E-state index in [0.29, 0.717) is 15.6 Å². The Morgan fingerprint density at radius 3 is 2.12 bits per heavy atom. The van der Waals surface area contributed by atoms with Crippen LogP contribution in [0.5, 0.6) is 0 Å². The molecule has 0 saturated heterocycles. The number of carboxylic acids is 1. The van der Waals surface area contributed by atoms with E-state index in [0.717, 1.165) is 22.3 Å². The first-order valence-electron chi connectivity index (χ1n) is 10.1. The molecule has 0 fully saturated rings. The van der Waals surface area contributed by atoms with E-state index in [1.807, 2.05) is 48.5 Å². The van der Waals surface area contributed by atoms with Crippen LogP contribution in [0, 0.1) is 5.92 Å². The third-order valence-electron chi connectivity index (χ3n) is 5.77. The standard InChI is InChI=1S/C25H21Cl2NO4/c26-15-10-9-14(21(27)12-15)11-22(28)23(24(29)30)25(31)32-13-20-18-7-3-1-5-16(18)17-6-2-4-8-19(17)20/h1-10,12,20,22-23H,11,13,28H2,(H,29,30)/t22-,23+/m0/s1. The molecule has 2 atom stereocenters. The first-order chi connectivity index (χ1) is 15.4. The normalized spacial score (nSPS) is 14.3. The molecule has 0 radical (unpaired) electrons. The smallest absolute Gasteiger partial charge is 0.321 e. The first-order valence-corrected chi connectivity index (χ1v) is 10.9. The van der Waals surface area contributed by atoms with Gasteiger partial charge in [0.05, 0.1) is 0 Å². The number of ether oxygens (including phenoxy) is 1. The highest BCUT2D eigenvalue weighted by Gasteiger charge is 2.36. The number of esters is 1. The number of carbonyl (C=O) groups excluding carboxylic acids is 1. The zero-order valence-corrected chi connectivity index (χ0v) is 18.5. The maximum Gasteiger partial charge on any atom is 0.321 e. The van der Waals surface area contributed by atoms with E-state index in [2.05, 4.69) is 0 Å². The minimum atomic E-state index is -1.52. The van der Waals surface area contributed by atoms with Gasteiger partial charge in [0.15, 0.2) is 5.92 Å². The monoisotopic (exact) mass is 469 g/mol. The van der Waals surface area contributed by atoms with Gasteiger partial charge in [0.25, 0.3) is 0 Å². The van der Waals surface area contributed by atoms with E-state index in [-0.39, 0.29) is 18.9 Å². The topological polar surface area (TPSA) is 89.6 Å². The average Bonchev–Trinajstić information content (AvgIpc) is 3.08. The maximum atomic E-state index is 12.8. The van der Waals surface area contributed by atoms with Crippen molar-refractivity contribution in [1.82, 2.24) is 0 Å². The van der Waals surface area contributed by atoms with Crippen LogP contribution in [-0.2, 0) is 20.7 Å². The lowest BCUT2D eigenvalue weighted by Gasteiger charge is -2.21. The summed E-state index contributed by atoms with van der Waals surface area (Å²) in [4.78, 5) is 24.7. The van der Waals surface area contributed by atoms with Crippen molar-refractivity contribution in [3.05, 3.63) is 93.5 Å². The third kappa shape index (κ3) is 4.37. The van der Waals surface area contributed by atoms with Crippen LogP contribution < -0.4 is 5.73 Å². The Morgan fingerprint density at radius 2 is 1.56 bits per heavy atom. The second-order valence-electron chi connectivity index (χ2n) is 7.78. The third-order valence-corrected chi connectivity index (χ3v) is 6.36. The molecule has 1 aliphatic rings. The molecule has 164 valence electrons. The largest absolute Gasteiger partial charge is 0.481 e. The Hall–Kier alpha value is -2.86. The molecule has 1 aliphatic carbocycles. The highest BCUT2D eigenvalue weighted by atomic mass is 35.5. The second-order valence-corrected chi connectivity index (χ2v) is 8.62. The molecule has 3 aromatic carbocycles. The minimum Gasteiger partial charge on any atom is -0.481 e. The van der Waals surface area contributed by atoms with E-state index in [9.17, 15) is 14.7 Å². The van der Waals surface area contributed by atoms with E-state index in [4.69, 9.17) is 33.7 Å². The van der Waals surface area contributed by atoms with Crippen LogP contribution in [0.4, 0.5) is 0 Å². The average molecular weight is 470 g/mol. The Morgan fingerprint density at radius 1 is 0.969 bits per heavy atom. The summed E-state index contributed by atoms with van der Waals surface area (Å²) < 4.78 is 5.52. The molecule has 0 amide bonds. The lowest BCUT2D eigenvalue weighted by atomic mass is 9.94. The zero-order valence-electron chi connectivity index (χ0n) is 17.0. The van der Waals surface area contributed by atoms with Gasteiger partial charge < -0.3 is 15.6 Å². The molecular weight excluding hydrogens is 449 g/mol. The van der Waals surface area contributed by atoms with Gasteiger partial charge in [-0.2, -0.15) is 0 Å². The van der Waals surface area contributed by atoms with Crippen LogP contribution in [0.1, 0.15) is 22.6 Å². The highest BCUT2D eigenvalue weighted by molar-refractivity contribution is 6.35. The number of hydrogen-bond donors (Lipinski definition) is 2. The van der Waals surface area contributed by atoms with Crippen molar-refractivity contribution in [3.63, 3.8) is 0 Å². The van der Waals surface area contributed by atoms with Crippen molar-refractivity contribution in [3.8, 4) is 11.1 Å². The minimum absolute atomic E-state index is 0.0328. The van der Waals surface area contributed by atoms with Crippen molar-refractivity contribution in [2.45, 2.75) is 18.4 Å². The number of halogens is 2. The number of benzene rings is 3. The number of aliphatic carboxylic acids is 1. The van der Waals surface area contributed by atoms with Gasteiger partial charge in [0.1, 0.15) is 6.61 Å². The summed E-state index contributed by atoms with van der Waals surface area (Å²) >= 11 is 12.1. The van der Waals surface area contributed by atoms with Gasteiger partial charge in [0.2, 0.25) is 0 Å². The van der Waals surface area contributed by atoms with Crippen molar-refractivity contribution in [2.75, 3.05) is 6.61 Å². The fourth-order valence-electron chi connectivity index (χ4n) is 4.21. The maximum absolute atomic E-state index is 12.8. The number of carboxylic acid groups (broad SMARTS) is 1. The van der Waals surface area contributed by atoms with Crippen molar-refractivity contribution >= 4 is 35.1 Å². The molecular formula is C25H21Cl2NO4. The van der Waals surface area contributed by atoms with Gasteiger partial charge in [-0.3, -0.25) is 9.59 Å². The van der Waals surface area contributed by atoms with Crippen LogP contribution in [0.25, 0.3) is 11.1 Å². The van der Waals surface area contributed by atoms with Gasteiger partial charge in [-0.15, -0.1) is 0 Å². The molecule has 0 heterocycles. The quantitative estimate of drug-likeness (QED) is 0.378. The number of nitrogens with two attached hydrogens (primary N) is 1. The molecule has 0 unspecified atom stereocenters. The number of hydrogen-bond acceptors (Lipinski definition) is 4. The number of carbonyl (C=O) groups is 2. The number of fused-ring (bicyclic) bond motifs is 3. The van der Waals surface area contributed by atoms with Gasteiger partial charge in [-0.25, -0.2) is 0 Å². The summed E-state index contributed by atoms with van der Waals surface area (Å²) in [7, 11) is 0. The molecule has 0 aliphatic heterocycles. The highest BCUT2D eigenvalue weighted by Crippen LogP contribution is 2.44. The zero-order chi connectivity index (χ0) is 22.8. The fourth-order valence-corrected chi connectivity index (χ4v) is 4.70. The first kappa shape index (κ1) is 22.3. The summed E-state index contributed by atoms with van der Waals surface area (Å²) in [6, 6.07) is 19.7. The van der Waals surface area contributed by atoms with Gasteiger partial charge in [0, 0.05) is 22.0 Å². The SMILES string of the molecule is N[C@@H](Cc1ccc(Cl)cc1Cl)[C@H](C(=O)O)C(=O)OCC1c2ccccc2-c2ccccc21. The number of rotatable bonds is 7. The molecule has 3 N–H and O–H groups in total. The summed E-state index contributed by atoms with van der Waals surface area (Å²) in [5, 5.41) is 10.5. The fraction of sp³-hybridized carbons (Fsp3) is 0.200. The van der Waals surface area contributed by atoms with E-state index in [1.165, 1.54) is 0 Å². The van der Waals surface area contributed by atoms with Crippen LogP contribution in [-0.4, -0.2) is 29.7 Å². The second kappa shape index (κ2) is 9.33. The van der Waals surface area contributed by atoms with E-state index < -0.39 is 23.9 Å². The molecule has 0 aromatic heterocycles. The molecule has 0 saturated carbocycles. The molecule has 3 aromatic rings. The van der Waals surface area contributed by atoms with E-state index >= 15 is 0 Å². The lowest BCUT2D eigenvalue weighted by molar-refractivity contribution is -0.159. The molecule has 0 bridgehead atoms. The van der Waals surface area contributed by atoms with Gasteiger partial charge >= 0.3 is 11.9 Å². The molecule has 5 nitrogen and oxygen atoms in total. The summed E-state index contributed by atoms with van der Waals surface area (Å²) in [5.74, 6) is -3.88. The van der Waals surface area contributed by atoms with Crippen LogP contribution in [0.15, 0.2) is 66.7 Å².